The number of carboxylic acid groups (broad SMARTS) is 1. The third kappa shape index (κ3) is 4.59. The molecule has 0 aromatic heterocycles. The summed E-state index contributed by atoms with van der Waals surface area (Å²) < 4.78 is 10.8. The van der Waals surface area contributed by atoms with Crippen molar-refractivity contribution in [2.24, 2.45) is 0 Å². The summed E-state index contributed by atoms with van der Waals surface area (Å²) in [5, 5.41) is 11.4. The number of hydrogen-bond donors (Lipinski definition) is 1. The van der Waals surface area contributed by atoms with Crippen LogP contribution in [-0.4, -0.2) is 25.3 Å². The lowest BCUT2D eigenvalue weighted by Crippen LogP contribution is -2.09. The van der Waals surface area contributed by atoms with Gasteiger partial charge in [-0.1, -0.05) is 36.4 Å². The number of anilines is 3. The molecule has 5 rings (SSSR count). The maximum absolute atomic E-state index is 11.2. The number of ether oxygens (including phenoxy) is 2. The molecule has 0 radical (unpaired) electrons. The van der Waals surface area contributed by atoms with Crippen LogP contribution in [-0.2, 0) is 0 Å². The Morgan fingerprint density at radius 1 is 0.583 bits per heavy atom. The van der Waals surface area contributed by atoms with E-state index in [-0.39, 0.29) is 5.56 Å². The fraction of sp³-hybridized carbons (Fsp3) is 0.0645. The molecule has 0 saturated heterocycles. The van der Waals surface area contributed by atoms with Crippen molar-refractivity contribution in [2.75, 3.05) is 19.1 Å². The van der Waals surface area contributed by atoms with Crippen molar-refractivity contribution in [3.05, 3.63) is 115 Å². The average molecular weight is 476 g/mol. The summed E-state index contributed by atoms with van der Waals surface area (Å²) in [5.41, 5.74) is 5.24. The first-order chi connectivity index (χ1) is 17.6. The van der Waals surface area contributed by atoms with Gasteiger partial charge in [-0.15, -0.1) is 0 Å². The molecule has 5 aromatic rings. The summed E-state index contributed by atoms with van der Waals surface area (Å²) in [6.07, 6.45) is 0. The zero-order valence-electron chi connectivity index (χ0n) is 20.0. The van der Waals surface area contributed by atoms with E-state index < -0.39 is 5.97 Å². The molecule has 0 aliphatic rings. The van der Waals surface area contributed by atoms with Gasteiger partial charge in [0.1, 0.15) is 11.5 Å². The number of carboxylic acids is 1. The molecule has 0 spiro atoms. The van der Waals surface area contributed by atoms with Crippen LogP contribution in [0.15, 0.2) is 109 Å². The predicted molar refractivity (Wildman–Crippen MR) is 144 cm³/mol. The normalized spacial score (nSPS) is 10.7. The maximum atomic E-state index is 11.2. The van der Waals surface area contributed by atoms with E-state index in [1.54, 1.807) is 26.4 Å². The molecule has 0 bridgehead atoms. The minimum atomic E-state index is -0.931. The van der Waals surface area contributed by atoms with Crippen molar-refractivity contribution in [2.45, 2.75) is 0 Å². The summed E-state index contributed by atoms with van der Waals surface area (Å²) in [4.78, 5) is 13.4. The van der Waals surface area contributed by atoms with Crippen LogP contribution in [0.3, 0.4) is 0 Å². The van der Waals surface area contributed by atoms with Crippen LogP contribution in [0.1, 0.15) is 10.4 Å². The molecular weight excluding hydrogens is 450 g/mol. The molecule has 0 heterocycles. The fourth-order valence-electron chi connectivity index (χ4n) is 4.26. The Balaban J connectivity index is 1.56. The maximum Gasteiger partial charge on any atom is 0.335 e. The van der Waals surface area contributed by atoms with Gasteiger partial charge in [-0.2, -0.15) is 0 Å². The van der Waals surface area contributed by atoms with Gasteiger partial charge in [0.2, 0.25) is 0 Å². The Bertz CT molecular complexity index is 1510. The second kappa shape index (κ2) is 9.84. The number of nitrogens with zero attached hydrogens (tertiary/aromatic N) is 1. The number of fused-ring (bicyclic) bond motifs is 1. The van der Waals surface area contributed by atoms with Crippen LogP contribution in [0.5, 0.6) is 11.5 Å². The first-order valence-electron chi connectivity index (χ1n) is 11.5. The minimum Gasteiger partial charge on any atom is -0.497 e. The third-order valence-electron chi connectivity index (χ3n) is 6.21. The van der Waals surface area contributed by atoms with Gasteiger partial charge in [0.15, 0.2) is 0 Å². The van der Waals surface area contributed by atoms with Crippen LogP contribution in [0.25, 0.3) is 21.9 Å². The molecule has 1 N–H and O–H groups in total. The van der Waals surface area contributed by atoms with Crippen molar-refractivity contribution < 1.29 is 19.4 Å². The van der Waals surface area contributed by atoms with E-state index >= 15 is 0 Å². The van der Waals surface area contributed by atoms with Gasteiger partial charge in [-0.05, 0) is 94.7 Å². The highest BCUT2D eigenvalue weighted by atomic mass is 16.5. The van der Waals surface area contributed by atoms with E-state index in [0.717, 1.165) is 50.5 Å². The summed E-state index contributed by atoms with van der Waals surface area (Å²) in [7, 11) is 3.33. The molecule has 0 fully saturated rings. The molecule has 178 valence electrons. The van der Waals surface area contributed by atoms with Crippen molar-refractivity contribution in [1.82, 2.24) is 0 Å². The topological polar surface area (TPSA) is 59.0 Å². The summed E-state index contributed by atoms with van der Waals surface area (Å²) in [6, 6.07) is 35.5. The monoisotopic (exact) mass is 475 g/mol. The second-order valence-electron chi connectivity index (χ2n) is 8.36. The summed E-state index contributed by atoms with van der Waals surface area (Å²) in [5.74, 6) is 0.677. The van der Waals surface area contributed by atoms with Gasteiger partial charge < -0.3 is 19.5 Å². The Morgan fingerprint density at radius 2 is 1.08 bits per heavy atom. The van der Waals surface area contributed by atoms with Crippen molar-refractivity contribution in [3.8, 4) is 22.6 Å². The van der Waals surface area contributed by atoms with Crippen LogP contribution in [0, 0.1) is 0 Å². The van der Waals surface area contributed by atoms with Gasteiger partial charge in [-0.3, -0.25) is 0 Å². The Kier molecular flexibility index (Phi) is 6.29. The van der Waals surface area contributed by atoms with Crippen molar-refractivity contribution >= 4 is 33.8 Å². The standard InChI is InChI=1S/C31H25NO4/c1-35-29-17-14-27(15-18-29)32(28-13-9-23-10-16-30(36-2)20-25(23)19-28)26-11-7-22(8-12-26)21-3-5-24(6-4-21)31(33)34/h3-20H,1-2H3,(H,33,34). The molecule has 0 aliphatic heterocycles. The molecule has 5 aromatic carbocycles. The quantitative estimate of drug-likeness (QED) is 0.261. The Labute approximate surface area is 209 Å². The summed E-state index contributed by atoms with van der Waals surface area (Å²) in [6.45, 7) is 0. The predicted octanol–water partition coefficient (Wildman–Crippen LogP) is 7.69. The second-order valence-corrected chi connectivity index (χ2v) is 8.36. The number of carbonyl (C=O) groups is 1. The fourth-order valence-corrected chi connectivity index (χ4v) is 4.26. The highest BCUT2D eigenvalue weighted by Crippen LogP contribution is 2.38. The molecular formula is C31H25NO4. The molecule has 0 saturated carbocycles. The molecule has 0 unspecified atom stereocenters. The number of benzene rings is 5. The largest absolute Gasteiger partial charge is 0.497 e. The van der Waals surface area contributed by atoms with Crippen molar-refractivity contribution in [1.29, 1.82) is 0 Å². The summed E-state index contributed by atoms with van der Waals surface area (Å²) >= 11 is 0. The van der Waals surface area contributed by atoms with Gasteiger partial charge in [0, 0.05) is 17.1 Å². The van der Waals surface area contributed by atoms with Gasteiger partial charge in [-0.25, -0.2) is 4.79 Å². The van der Waals surface area contributed by atoms with Crippen LogP contribution in [0.2, 0.25) is 0 Å². The number of hydrogen-bond acceptors (Lipinski definition) is 4. The highest BCUT2D eigenvalue weighted by molar-refractivity contribution is 5.91. The molecule has 5 heteroatoms. The van der Waals surface area contributed by atoms with E-state index in [1.807, 2.05) is 60.7 Å². The first kappa shape index (κ1) is 23.0. The zero-order chi connectivity index (χ0) is 25.1. The SMILES string of the molecule is COc1ccc(N(c2ccc(-c3ccc(C(=O)O)cc3)cc2)c2ccc3ccc(OC)cc3c2)cc1. The smallest absolute Gasteiger partial charge is 0.335 e. The van der Waals surface area contributed by atoms with Crippen molar-refractivity contribution in [3.63, 3.8) is 0 Å². The Morgan fingerprint density at radius 3 is 1.67 bits per heavy atom. The lowest BCUT2D eigenvalue weighted by atomic mass is 10.0. The van der Waals surface area contributed by atoms with Gasteiger partial charge in [0.05, 0.1) is 19.8 Å². The molecule has 0 aliphatic carbocycles. The van der Waals surface area contributed by atoms with E-state index in [1.165, 1.54) is 0 Å². The highest BCUT2D eigenvalue weighted by Gasteiger charge is 2.14. The lowest BCUT2D eigenvalue weighted by molar-refractivity contribution is 0.0697. The average Bonchev–Trinajstić information content (AvgIpc) is 2.93. The molecule has 0 atom stereocenters. The molecule has 5 nitrogen and oxygen atoms in total. The van der Waals surface area contributed by atoms with E-state index in [4.69, 9.17) is 14.6 Å². The number of aromatic carboxylic acids is 1. The van der Waals surface area contributed by atoms with Crippen LogP contribution in [0.4, 0.5) is 17.1 Å². The molecule has 0 amide bonds. The van der Waals surface area contributed by atoms with Crippen LogP contribution < -0.4 is 14.4 Å². The van der Waals surface area contributed by atoms with E-state index in [0.29, 0.717) is 0 Å². The molecule has 36 heavy (non-hydrogen) atoms. The Hall–Kier alpha value is -4.77. The van der Waals surface area contributed by atoms with E-state index in [9.17, 15) is 4.79 Å². The van der Waals surface area contributed by atoms with Crippen LogP contribution >= 0.6 is 0 Å². The van der Waals surface area contributed by atoms with Gasteiger partial charge >= 0.3 is 5.97 Å². The number of methoxy groups -OCH3 is 2. The van der Waals surface area contributed by atoms with Gasteiger partial charge in [0.25, 0.3) is 0 Å². The lowest BCUT2D eigenvalue weighted by Gasteiger charge is -2.26. The first-order valence-corrected chi connectivity index (χ1v) is 11.5. The third-order valence-corrected chi connectivity index (χ3v) is 6.21. The number of rotatable bonds is 7. The minimum absolute atomic E-state index is 0.272. The van der Waals surface area contributed by atoms with E-state index in [2.05, 4.69) is 41.3 Å². The zero-order valence-corrected chi connectivity index (χ0v) is 20.0.